The number of hydrogen-bond donors (Lipinski definition) is 2. The number of carbonyl (C=O) groups excluding carboxylic acids is 1. The number of ether oxygens (including phenoxy) is 1. The van der Waals surface area contributed by atoms with Crippen LogP contribution in [0.3, 0.4) is 0 Å². The fourth-order valence-electron chi connectivity index (χ4n) is 3.10. The number of benzene rings is 2. The van der Waals surface area contributed by atoms with Gasteiger partial charge in [-0.15, -0.1) is 11.3 Å². The van der Waals surface area contributed by atoms with E-state index in [0.29, 0.717) is 27.4 Å². The normalized spacial score (nSPS) is 10.8. The van der Waals surface area contributed by atoms with E-state index in [1.54, 1.807) is 10.8 Å². The molecule has 0 radical (unpaired) electrons. The highest BCUT2D eigenvalue weighted by molar-refractivity contribution is 7.71. The first-order chi connectivity index (χ1) is 15.5. The number of anilines is 1. The second-order valence-electron chi connectivity index (χ2n) is 6.88. The number of aromatic amines is 1. The van der Waals surface area contributed by atoms with Crippen molar-refractivity contribution in [1.82, 2.24) is 19.7 Å². The molecule has 0 fully saturated rings. The molecule has 0 unspecified atom stereocenters. The average Bonchev–Trinajstić information content (AvgIpc) is 3.37. The summed E-state index contributed by atoms with van der Waals surface area (Å²) in [6.45, 7) is 2.54. The molecule has 10 heteroatoms. The molecule has 2 aromatic heterocycles. The van der Waals surface area contributed by atoms with E-state index in [2.05, 4.69) is 20.5 Å². The van der Waals surface area contributed by atoms with Gasteiger partial charge in [0, 0.05) is 28.1 Å². The molecule has 0 spiro atoms. The molecule has 0 aliphatic carbocycles. The first kappa shape index (κ1) is 22.2. The lowest BCUT2D eigenvalue weighted by Crippen LogP contribution is -2.19. The fraction of sp³-hybridized carbons (Fsp3) is 0.182. The highest BCUT2D eigenvalue weighted by atomic mass is 35.5. The molecule has 0 saturated heterocycles. The predicted molar refractivity (Wildman–Crippen MR) is 129 cm³/mol. The van der Waals surface area contributed by atoms with E-state index in [0.717, 1.165) is 28.2 Å². The van der Waals surface area contributed by atoms with E-state index < -0.39 is 0 Å². The summed E-state index contributed by atoms with van der Waals surface area (Å²) in [6.07, 6.45) is 2.49. The van der Waals surface area contributed by atoms with Crippen LogP contribution in [0.2, 0.25) is 5.02 Å². The molecule has 2 aromatic carbocycles. The molecule has 0 aliphatic heterocycles. The van der Waals surface area contributed by atoms with Crippen molar-refractivity contribution in [2.45, 2.75) is 19.9 Å². The molecular formula is C22H20ClN5O2S2. The smallest absolute Gasteiger partial charge is 0.246 e. The molecule has 32 heavy (non-hydrogen) atoms. The lowest BCUT2D eigenvalue weighted by atomic mass is 10.1. The second-order valence-corrected chi connectivity index (χ2v) is 8.82. The lowest BCUT2D eigenvalue weighted by Gasteiger charge is -2.08. The van der Waals surface area contributed by atoms with Gasteiger partial charge in [0.25, 0.3) is 0 Å². The molecule has 164 valence electrons. The van der Waals surface area contributed by atoms with Gasteiger partial charge >= 0.3 is 0 Å². The molecule has 1 amide bonds. The van der Waals surface area contributed by atoms with Crippen LogP contribution in [0.5, 0.6) is 5.75 Å². The number of rotatable bonds is 8. The van der Waals surface area contributed by atoms with Gasteiger partial charge in [-0.25, -0.2) is 4.98 Å². The van der Waals surface area contributed by atoms with Crippen LogP contribution >= 0.6 is 35.2 Å². The van der Waals surface area contributed by atoms with E-state index in [1.165, 1.54) is 11.3 Å². The van der Waals surface area contributed by atoms with E-state index in [4.69, 9.17) is 28.6 Å². The van der Waals surface area contributed by atoms with Gasteiger partial charge in [0.05, 0.1) is 6.61 Å². The molecule has 2 N–H and O–H groups in total. The van der Waals surface area contributed by atoms with Gasteiger partial charge in [-0.3, -0.25) is 14.5 Å². The maximum atomic E-state index is 12.7. The Hall–Kier alpha value is -3.01. The zero-order chi connectivity index (χ0) is 22.5. The minimum absolute atomic E-state index is 0.0178. The van der Waals surface area contributed by atoms with Gasteiger partial charge < -0.3 is 10.1 Å². The van der Waals surface area contributed by atoms with Crippen molar-refractivity contribution >= 4 is 46.2 Å². The van der Waals surface area contributed by atoms with Gasteiger partial charge in [0.1, 0.15) is 12.3 Å². The summed E-state index contributed by atoms with van der Waals surface area (Å²) in [5, 5.41) is 11.1. The molecule has 4 aromatic rings. The van der Waals surface area contributed by atoms with Gasteiger partial charge in [-0.05, 0) is 61.1 Å². The Kier molecular flexibility index (Phi) is 6.99. The molecule has 0 aliphatic rings. The summed E-state index contributed by atoms with van der Waals surface area (Å²) < 4.78 is 7.50. The number of thiazole rings is 1. The van der Waals surface area contributed by atoms with Crippen LogP contribution in [0, 0.1) is 4.77 Å². The number of carbonyl (C=O) groups is 1. The Morgan fingerprint density at radius 3 is 2.69 bits per heavy atom. The topological polar surface area (TPSA) is 84.8 Å². The number of nitrogens with one attached hydrogen (secondary N) is 2. The molecule has 0 saturated carbocycles. The van der Waals surface area contributed by atoms with Crippen molar-refractivity contribution in [2.75, 3.05) is 11.9 Å². The van der Waals surface area contributed by atoms with Crippen molar-refractivity contribution in [3.05, 3.63) is 75.0 Å². The Labute approximate surface area is 199 Å². The SMILES string of the molecule is CCOc1ccc(-c2n[nH]c(=S)n2CC(=O)Nc2ncc(Cc3ccc(Cl)cc3)s2)cc1. The van der Waals surface area contributed by atoms with Crippen LogP contribution in [0.25, 0.3) is 11.4 Å². The number of amides is 1. The maximum Gasteiger partial charge on any atom is 0.246 e. The Bertz CT molecular complexity index is 1260. The van der Waals surface area contributed by atoms with E-state index in [9.17, 15) is 4.79 Å². The van der Waals surface area contributed by atoms with Crippen molar-refractivity contribution in [3.8, 4) is 17.1 Å². The van der Waals surface area contributed by atoms with Gasteiger partial charge in [0.2, 0.25) is 5.91 Å². The fourth-order valence-corrected chi connectivity index (χ4v) is 4.29. The highest BCUT2D eigenvalue weighted by Crippen LogP contribution is 2.23. The van der Waals surface area contributed by atoms with Crippen molar-refractivity contribution in [2.24, 2.45) is 0 Å². The summed E-state index contributed by atoms with van der Waals surface area (Å²) in [5.41, 5.74) is 1.95. The van der Waals surface area contributed by atoms with Crippen LogP contribution in [0.15, 0.2) is 54.7 Å². The first-order valence-corrected chi connectivity index (χ1v) is 11.5. The Balaban J connectivity index is 1.42. The van der Waals surface area contributed by atoms with E-state index in [1.807, 2.05) is 55.5 Å². The summed E-state index contributed by atoms with van der Waals surface area (Å²) >= 11 is 12.7. The zero-order valence-corrected chi connectivity index (χ0v) is 19.6. The molecular weight excluding hydrogens is 466 g/mol. The molecule has 0 bridgehead atoms. The highest BCUT2D eigenvalue weighted by Gasteiger charge is 2.14. The van der Waals surface area contributed by atoms with Gasteiger partial charge in [0.15, 0.2) is 15.7 Å². The minimum Gasteiger partial charge on any atom is -0.494 e. The molecule has 7 nitrogen and oxygen atoms in total. The summed E-state index contributed by atoms with van der Waals surface area (Å²) in [5.74, 6) is 1.12. The van der Waals surface area contributed by atoms with Crippen LogP contribution in [-0.2, 0) is 17.8 Å². The Morgan fingerprint density at radius 2 is 1.97 bits per heavy atom. The van der Waals surface area contributed by atoms with E-state index in [-0.39, 0.29) is 12.5 Å². The van der Waals surface area contributed by atoms with Gasteiger partial charge in [-0.2, -0.15) is 5.10 Å². The van der Waals surface area contributed by atoms with Crippen molar-refractivity contribution in [3.63, 3.8) is 0 Å². The monoisotopic (exact) mass is 485 g/mol. The summed E-state index contributed by atoms with van der Waals surface area (Å²) in [4.78, 5) is 18.0. The minimum atomic E-state index is -0.234. The number of aromatic nitrogens is 4. The number of hydrogen-bond acceptors (Lipinski definition) is 6. The third-order valence-electron chi connectivity index (χ3n) is 4.58. The lowest BCUT2D eigenvalue weighted by molar-refractivity contribution is -0.116. The quantitative estimate of drug-likeness (QED) is 0.329. The van der Waals surface area contributed by atoms with Crippen LogP contribution < -0.4 is 10.1 Å². The zero-order valence-electron chi connectivity index (χ0n) is 17.2. The molecule has 4 rings (SSSR count). The van der Waals surface area contributed by atoms with Crippen molar-refractivity contribution in [1.29, 1.82) is 0 Å². The number of H-pyrrole nitrogens is 1. The number of nitrogens with zero attached hydrogens (tertiary/aromatic N) is 3. The summed E-state index contributed by atoms with van der Waals surface area (Å²) in [6, 6.07) is 15.2. The average molecular weight is 486 g/mol. The third kappa shape index (κ3) is 5.42. The van der Waals surface area contributed by atoms with Crippen LogP contribution in [-0.4, -0.2) is 32.3 Å². The number of halogens is 1. The van der Waals surface area contributed by atoms with Crippen LogP contribution in [0.1, 0.15) is 17.4 Å². The van der Waals surface area contributed by atoms with Crippen molar-refractivity contribution < 1.29 is 9.53 Å². The second kappa shape index (κ2) is 10.1. The van der Waals surface area contributed by atoms with Crippen LogP contribution in [0.4, 0.5) is 5.13 Å². The predicted octanol–water partition coefficient (Wildman–Crippen LogP) is 5.35. The third-order valence-corrected chi connectivity index (χ3v) is 6.05. The largest absolute Gasteiger partial charge is 0.494 e. The summed E-state index contributed by atoms with van der Waals surface area (Å²) in [7, 11) is 0. The van der Waals surface area contributed by atoms with E-state index >= 15 is 0 Å². The maximum absolute atomic E-state index is 12.7. The molecule has 0 atom stereocenters. The molecule has 2 heterocycles. The first-order valence-electron chi connectivity index (χ1n) is 9.89. The Morgan fingerprint density at radius 1 is 1.22 bits per heavy atom. The van der Waals surface area contributed by atoms with Gasteiger partial charge in [-0.1, -0.05) is 23.7 Å². The standard InChI is InChI=1S/C22H20ClN5O2S2/c1-2-30-17-9-5-15(6-10-17)20-26-27-22(31)28(20)13-19(29)25-21-24-12-18(32-21)11-14-3-7-16(23)8-4-14/h3-10,12H,2,11,13H2,1H3,(H,27,31)(H,24,25,29).